The third kappa shape index (κ3) is 6.20. The Morgan fingerprint density at radius 1 is 1.19 bits per heavy atom. The molecule has 1 amide bonds. The average molecular weight is 416 g/mol. The molecule has 0 heterocycles. The van der Waals surface area contributed by atoms with Crippen LogP contribution in [0.25, 0.3) is 0 Å². The molecule has 0 radical (unpaired) electrons. The van der Waals surface area contributed by atoms with Gasteiger partial charge in [0.1, 0.15) is 5.82 Å². The van der Waals surface area contributed by atoms with Crippen LogP contribution in [0.3, 0.4) is 0 Å². The molecule has 0 fully saturated rings. The highest BCUT2D eigenvalue weighted by molar-refractivity contribution is 7.92. The molecule has 2 rings (SSSR count). The molecule has 0 saturated heterocycles. The van der Waals surface area contributed by atoms with Crippen molar-refractivity contribution in [3.8, 4) is 0 Å². The van der Waals surface area contributed by atoms with Gasteiger partial charge in [0.2, 0.25) is 0 Å². The normalized spacial score (nSPS) is 12.0. The van der Waals surface area contributed by atoms with Crippen molar-refractivity contribution < 1.29 is 17.6 Å². The molecule has 6 nitrogen and oxygen atoms in total. The minimum atomic E-state index is -3.85. The van der Waals surface area contributed by atoms with E-state index in [9.17, 15) is 17.6 Å². The fourth-order valence-corrected chi connectivity index (χ4v) is 3.55. The molecule has 27 heavy (non-hydrogen) atoms. The highest BCUT2D eigenvalue weighted by atomic mass is 35.5. The summed E-state index contributed by atoms with van der Waals surface area (Å²) in [4.78, 5) is 12.0. The number of carbonyl (C=O) groups is 1. The molecule has 0 aromatic heterocycles. The minimum absolute atomic E-state index is 0. The number of benzene rings is 2. The first-order chi connectivity index (χ1) is 12.2. The number of sulfonamides is 1. The van der Waals surface area contributed by atoms with E-state index in [4.69, 9.17) is 5.73 Å². The number of halogens is 2. The Labute approximate surface area is 164 Å². The first-order valence-corrected chi connectivity index (χ1v) is 9.58. The van der Waals surface area contributed by atoms with Gasteiger partial charge in [-0.15, -0.1) is 12.4 Å². The van der Waals surface area contributed by atoms with Crippen LogP contribution in [0.2, 0.25) is 0 Å². The van der Waals surface area contributed by atoms with Crippen molar-refractivity contribution in [2.45, 2.75) is 18.7 Å². The van der Waals surface area contributed by atoms with Crippen molar-refractivity contribution in [3.63, 3.8) is 0 Å². The lowest BCUT2D eigenvalue weighted by Gasteiger charge is -2.12. The van der Waals surface area contributed by atoms with Crippen molar-refractivity contribution in [1.29, 1.82) is 0 Å². The van der Waals surface area contributed by atoms with E-state index >= 15 is 0 Å². The van der Waals surface area contributed by atoms with Gasteiger partial charge < -0.3 is 11.1 Å². The SMILES string of the molecule is Cc1cc(F)ccc1S(=O)(=O)Nc1ccc(C(=O)NCC(C)CN)cc1.Cl. The van der Waals surface area contributed by atoms with Gasteiger partial charge in [-0.1, -0.05) is 6.92 Å². The van der Waals surface area contributed by atoms with Gasteiger partial charge in [-0.05, 0) is 67.4 Å². The van der Waals surface area contributed by atoms with Gasteiger partial charge in [-0.25, -0.2) is 12.8 Å². The molecule has 0 aliphatic rings. The van der Waals surface area contributed by atoms with E-state index in [0.717, 1.165) is 12.1 Å². The Morgan fingerprint density at radius 3 is 2.37 bits per heavy atom. The predicted octanol–water partition coefficient (Wildman–Crippen LogP) is 2.68. The molecule has 2 aromatic rings. The first-order valence-electron chi connectivity index (χ1n) is 8.10. The van der Waals surface area contributed by atoms with Crippen LogP contribution in [0.15, 0.2) is 47.4 Å². The van der Waals surface area contributed by atoms with Gasteiger partial charge in [0.15, 0.2) is 0 Å². The van der Waals surface area contributed by atoms with E-state index in [2.05, 4.69) is 10.0 Å². The summed E-state index contributed by atoms with van der Waals surface area (Å²) in [6.07, 6.45) is 0. The highest BCUT2D eigenvalue weighted by Crippen LogP contribution is 2.20. The van der Waals surface area contributed by atoms with Gasteiger partial charge in [0.05, 0.1) is 4.90 Å². The summed E-state index contributed by atoms with van der Waals surface area (Å²) >= 11 is 0. The number of carbonyl (C=O) groups excluding carboxylic acids is 1. The Bertz CT molecular complexity index is 889. The van der Waals surface area contributed by atoms with E-state index in [0.29, 0.717) is 29.9 Å². The third-order valence-electron chi connectivity index (χ3n) is 3.84. The lowest BCUT2D eigenvalue weighted by molar-refractivity contribution is 0.0948. The molecular weight excluding hydrogens is 393 g/mol. The second-order valence-corrected chi connectivity index (χ2v) is 7.79. The predicted molar refractivity (Wildman–Crippen MR) is 106 cm³/mol. The topological polar surface area (TPSA) is 101 Å². The van der Waals surface area contributed by atoms with E-state index < -0.39 is 15.8 Å². The van der Waals surface area contributed by atoms with Crippen LogP contribution in [0.1, 0.15) is 22.8 Å². The van der Waals surface area contributed by atoms with Crippen LogP contribution in [0, 0.1) is 18.7 Å². The maximum absolute atomic E-state index is 13.2. The summed E-state index contributed by atoms with van der Waals surface area (Å²) in [5.74, 6) is -0.584. The Kier molecular flexibility index (Phi) is 8.20. The molecule has 0 aliphatic heterocycles. The zero-order valence-corrected chi connectivity index (χ0v) is 16.7. The van der Waals surface area contributed by atoms with Crippen LogP contribution < -0.4 is 15.8 Å². The largest absolute Gasteiger partial charge is 0.352 e. The Balaban J connectivity index is 0.00000364. The number of nitrogens with two attached hydrogens (primary N) is 1. The Hall–Kier alpha value is -2.16. The van der Waals surface area contributed by atoms with Gasteiger partial charge in [-0.2, -0.15) is 0 Å². The maximum atomic E-state index is 13.2. The second-order valence-electron chi connectivity index (χ2n) is 6.14. The van der Waals surface area contributed by atoms with Gasteiger partial charge >= 0.3 is 0 Å². The number of amides is 1. The van der Waals surface area contributed by atoms with E-state index in [-0.39, 0.29) is 29.1 Å². The molecule has 1 unspecified atom stereocenters. The number of aryl methyl sites for hydroxylation is 1. The molecule has 148 valence electrons. The minimum Gasteiger partial charge on any atom is -0.352 e. The van der Waals surface area contributed by atoms with Gasteiger partial charge in [0, 0.05) is 17.8 Å². The zero-order chi connectivity index (χ0) is 19.3. The molecule has 0 saturated carbocycles. The summed E-state index contributed by atoms with van der Waals surface area (Å²) in [6, 6.07) is 9.51. The number of hydrogen-bond donors (Lipinski definition) is 3. The lowest BCUT2D eigenvalue weighted by Crippen LogP contribution is -2.31. The van der Waals surface area contributed by atoms with Crippen LogP contribution in [0.4, 0.5) is 10.1 Å². The van der Waals surface area contributed by atoms with Gasteiger partial charge in [0.25, 0.3) is 15.9 Å². The molecule has 9 heteroatoms. The monoisotopic (exact) mass is 415 g/mol. The standard InChI is InChI=1S/C18H22FN3O3S.ClH/c1-12(10-20)11-21-18(23)14-3-6-16(7-4-14)22-26(24,25)17-8-5-15(19)9-13(17)2;/h3-9,12,22H,10-11,20H2,1-2H3,(H,21,23);1H. The fraction of sp³-hybridized carbons (Fsp3) is 0.278. The van der Waals surface area contributed by atoms with Crippen molar-refractivity contribution >= 4 is 34.0 Å². The summed E-state index contributed by atoms with van der Waals surface area (Å²) in [6.45, 7) is 4.39. The van der Waals surface area contributed by atoms with Crippen LogP contribution >= 0.6 is 12.4 Å². The smallest absolute Gasteiger partial charge is 0.262 e. The summed E-state index contributed by atoms with van der Waals surface area (Å²) in [5.41, 5.74) is 6.53. The van der Waals surface area contributed by atoms with Crippen molar-refractivity contribution in [2.24, 2.45) is 11.7 Å². The molecule has 2 aromatic carbocycles. The fourth-order valence-electron chi connectivity index (χ4n) is 2.27. The average Bonchev–Trinajstić information content (AvgIpc) is 2.59. The number of rotatable bonds is 7. The molecule has 0 spiro atoms. The molecule has 0 aliphatic carbocycles. The van der Waals surface area contributed by atoms with E-state index in [1.165, 1.54) is 37.3 Å². The molecule has 1 atom stereocenters. The molecule has 0 bridgehead atoms. The second kappa shape index (κ2) is 9.68. The third-order valence-corrected chi connectivity index (χ3v) is 5.38. The van der Waals surface area contributed by atoms with E-state index in [1.54, 1.807) is 0 Å². The summed E-state index contributed by atoms with van der Waals surface area (Å²) < 4.78 is 40.5. The highest BCUT2D eigenvalue weighted by Gasteiger charge is 2.17. The zero-order valence-electron chi connectivity index (χ0n) is 15.0. The molecular formula is C18H23ClFN3O3S. The van der Waals surface area contributed by atoms with Gasteiger partial charge in [-0.3, -0.25) is 9.52 Å². The van der Waals surface area contributed by atoms with Crippen molar-refractivity contribution in [1.82, 2.24) is 5.32 Å². The summed E-state index contributed by atoms with van der Waals surface area (Å²) in [7, 11) is -3.85. The maximum Gasteiger partial charge on any atom is 0.262 e. The number of hydrogen-bond acceptors (Lipinski definition) is 4. The number of nitrogens with one attached hydrogen (secondary N) is 2. The van der Waals surface area contributed by atoms with Crippen LogP contribution in [-0.2, 0) is 10.0 Å². The lowest BCUT2D eigenvalue weighted by atomic mass is 10.1. The van der Waals surface area contributed by atoms with Crippen LogP contribution in [-0.4, -0.2) is 27.4 Å². The summed E-state index contributed by atoms with van der Waals surface area (Å²) in [5, 5.41) is 2.76. The van der Waals surface area contributed by atoms with Crippen molar-refractivity contribution in [3.05, 3.63) is 59.4 Å². The number of anilines is 1. The molecule has 4 N–H and O–H groups in total. The first kappa shape index (κ1) is 22.9. The van der Waals surface area contributed by atoms with Crippen molar-refractivity contribution in [2.75, 3.05) is 17.8 Å². The van der Waals surface area contributed by atoms with E-state index in [1.807, 2.05) is 6.92 Å². The quantitative estimate of drug-likeness (QED) is 0.647. The van der Waals surface area contributed by atoms with Crippen LogP contribution in [0.5, 0.6) is 0 Å². The Morgan fingerprint density at radius 2 is 1.81 bits per heavy atom.